The topological polar surface area (TPSA) is 78.9 Å². The Balaban J connectivity index is 4.06. The molecule has 0 aliphatic heterocycles. The summed E-state index contributed by atoms with van der Waals surface area (Å²) in [6.45, 7) is 6.52. The molecule has 81 heavy (non-hydrogen) atoms. The highest BCUT2D eigenvalue weighted by atomic mass is 16.6. The van der Waals surface area contributed by atoms with Gasteiger partial charge in [0.25, 0.3) is 0 Å². The summed E-state index contributed by atoms with van der Waals surface area (Å²) < 4.78 is 16.9. The van der Waals surface area contributed by atoms with E-state index in [1.54, 1.807) is 0 Å². The molecule has 0 heterocycles. The van der Waals surface area contributed by atoms with Gasteiger partial charge in [-0.3, -0.25) is 14.4 Å². The predicted octanol–water partition coefficient (Wildman–Crippen LogP) is 24.4. The van der Waals surface area contributed by atoms with E-state index in [4.69, 9.17) is 14.2 Å². The van der Waals surface area contributed by atoms with Gasteiger partial charge in [-0.15, -0.1) is 0 Å². The number of rotatable bonds is 65. The van der Waals surface area contributed by atoms with Gasteiger partial charge < -0.3 is 14.2 Å². The summed E-state index contributed by atoms with van der Waals surface area (Å²) in [6, 6.07) is 0. The van der Waals surface area contributed by atoms with Gasteiger partial charge >= 0.3 is 17.9 Å². The quantitative estimate of drug-likeness (QED) is 0.0261. The molecule has 0 bridgehead atoms. The first kappa shape index (κ1) is 77.9. The molecule has 0 aromatic carbocycles. The normalized spacial score (nSPS) is 12.5. The lowest BCUT2D eigenvalue weighted by Crippen LogP contribution is -2.30. The van der Waals surface area contributed by atoms with E-state index in [9.17, 15) is 14.4 Å². The van der Waals surface area contributed by atoms with Crippen LogP contribution < -0.4 is 0 Å². The average Bonchev–Trinajstić information content (AvgIpc) is 3.47. The van der Waals surface area contributed by atoms with Crippen molar-refractivity contribution in [1.29, 1.82) is 0 Å². The van der Waals surface area contributed by atoms with E-state index in [0.29, 0.717) is 19.3 Å². The number of carbonyl (C=O) groups excluding carboxylic acids is 3. The van der Waals surface area contributed by atoms with Crippen LogP contribution >= 0.6 is 0 Å². The van der Waals surface area contributed by atoms with Gasteiger partial charge in [-0.1, -0.05) is 318 Å². The van der Waals surface area contributed by atoms with Crippen LogP contribution in [0.25, 0.3) is 0 Å². The van der Waals surface area contributed by atoms with Gasteiger partial charge in [-0.2, -0.15) is 0 Å². The third kappa shape index (κ3) is 67.5. The van der Waals surface area contributed by atoms with Gasteiger partial charge in [-0.05, 0) is 103 Å². The zero-order valence-corrected chi connectivity index (χ0v) is 54.1. The van der Waals surface area contributed by atoms with E-state index in [0.717, 1.165) is 89.9 Å². The minimum Gasteiger partial charge on any atom is -0.462 e. The van der Waals surface area contributed by atoms with Gasteiger partial charge in [0.05, 0.1) is 0 Å². The summed E-state index contributed by atoms with van der Waals surface area (Å²) in [7, 11) is 0. The number of hydrogen-bond acceptors (Lipinski definition) is 6. The molecule has 1 atom stereocenters. The maximum atomic E-state index is 12.9. The molecule has 1 unspecified atom stereocenters. The van der Waals surface area contributed by atoms with Crippen LogP contribution in [0.15, 0.2) is 72.9 Å². The van der Waals surface area contributed by atoms with Crippen molar-refractivity contribution in [1.82, 2.24) is 0 Å². The molecule has 0 saturated carbocycles. The third-order valence-electron chi connectivity index (χ3n) is 15.7. The predicted molar refractivity (Wildman–Crippen MR) is 353 cm³/mol. The molecule has 470 valence electrons. The molecule has 0 aromatic heterocycles. The molecule has 0 aromatic rings. The number of carbonyl (C=O) groups is 3. The van der Waals surface area contributed by atoms with Crippen molar-refractivity contribution >= 4 is 17.9 Å². The van der Waals surface area contributed by atoms with E-state index in [2.05, 4.69) is 93.7 Å². The molecule has 0 amide bonds. The first-order valence-corrected chi connectivity index (χ1v) is 35.4. The molecule has 6 nitrogen and oxygen atoms in total. The number of ether oxygens (including phenoxy) is 3. The van der Waals surface area contributed by atoms with Gasteiger partial charge in [0, 0.05) is 19.3 Å². The second-order valence-corrected chi connectivity index (χ2v) is 23.8. The fourth-order valence-electron chi connectivity index (χ4n) is 10.4. The summed E-state index contributed by atoms with van der Waals surface area (Å²) in [4.78, 5) is 38.3. The van der Waals surface area contributed by atoms with Crippen molar-refractivity contribution in [3.05, 3.63) is 72.9 Å². The summed E-state index contributed by atoms with van der Waals surface area (Å²) in [6.07, 6.45) is 91.0. The lowest BCUT2D eigenvalue weighted by Gasteiger charge is -2.18. The first-order chi connectivity index (χ1) is 40.0. The van der Waals surface area contributed by atoms with E-state index >= 15 is 0 Å². The van der Waals surface area contributed by atoms with Crippen molar-refractivity contribution in [2.75, 3.05) is 13.2 Å². The summed E-state index contributed by atoms with van der Waals surface area (Å²) >= 11 is 0. The van der Waals surface area contributed by atoms with Gasteiger partial charge in [0.15, 0.2) is 6.10 Å². The SMILES string of the molecule is CC/C=C\C/C=C\C/C=C\C/C=C\CCCCCCCCCCCCCCCCCCCCCCCCC(=O)OCC(COC(=O)CCCCCCC/C=C\CCCC)OC(=O)CCCCCCCCC/C=C\CCCCCCCC. The smallest absolute Gasteiger partial charge is 0.306 e. The van der Waals surface area contributed by atoms with Crippen LogP contribution in [0.4, 0.5) is 0 Å². The maximum absolute atomic E-state index is 12.9. The summed E-state index contributed by atoms with van der Waals surface area (Å²) in [5.74, 6) is -0.869. The van der Waals surface area contributed by atoms with E-state index in [-0.39, 0.29) is 31.1 Å². The zero-order chi connectivity index (χ0) is 58.5. The lowest BCUT2D eigenvalue weighted by atomic mass is 10.0. The number of esters is 3. The molecule has 6 heteroatoms. The Morgan fingerprint density at radius 3 is 0.802 bits per heavy atom. The summed E-state index contributed by atoms with van der Waals surface area (Å²) in [5, 5.41) is 0. The minimum atomic E-state index is -0.778. The maximum Gasteiger partial charge on any atom is 0.306 e. The van der Waals surface area contributed by atoms with E-state index in [1.165, 1.54) is 238 Å². The van der Waals surface area contributed by atoms with E-state index < -0.39 is 6.10 Å². The molecular formula is C75H134O6. The number of unbranched alkanes of at least 4 members (excludes halogenated alkanes) is 42. The number of hydrogen-bond donors (Lipinski definition) is 0. The first-order valence-electron chi connectivity index (χ1n) is 35.4. The van der Waals surface area contributed by atoms with Crippen LogP contribution in [0.3, 0.4) is 0 Å². The fourth-order valence-corrected chi connectivity index (χ4v) is 10.4. The van der Waals surface area contributed by atoms with Gasteiger partial charge in [-0.25, -0.2) is 0 Å². The molecule has 0 aliphatic rings. The molecular weight excluding hydrogens is 997 g/mol. The molecule has 0 rings (SSSR count). The van der Waals surface area contributed by atoms with Crippen LogP contribution in [-0.2, 0) is 28.6 Å². The minimum absolute atomic E-state index is 0.0746. The Labute approximate surface area is 503 Å². The highest BCUT2D eigenvalue weighted by Gasteiger charge is 2.19. The lowest BCUT2D eigenvalue weighted by molar-refractivity contribution is -0.167. The van der Waals surface area contributed by atoms with E-state index in [1.807, 2.05) is 0 Å². The zero-order valence-electron chi connectivity index (χ0n) is 54.1. The Morgan fingerprint density at radius 1 is 0.259 bits per heavy atom. The van der Waals surface area contributed by atoms with Crippen LogP contribution in [0.2, 0.25) is 0 Å². The van der Waals surface area contributed by atoms with Crippen LogP contribution in [-0.4, -0.2) is 37.2 Å². The van der Waals surface area contributed by atoms with Gasteiger partial charge in [0.2, 0.25) is 0 Å². The van der Waals surface area contributed by atoms with Crippen molar-refractivity contribution in [2.45, 2.75) is 374 Å². The molecule has 0 aliphatic carbocycles. The molecule has 0 radical (unpaired) electrons. The molecule has 0 saturated heterocycles. The largest absolute Gasteiger partial charge is 0.462 e. The second-order valence-electron chi connectivity index (χ2n) is 23.8. The molecule has 0 N–H and O–H groups in total. The molecule has 0 fully saturated rings. The van der Waals surface area contributed by atoms with Gasteiger partial charge in [0.1, 0.15) is 13.2 Å². The Hall–Kier alpha value is -3.15. The fraction of sp³-hybridized carbons (Fsp3) is 0.800. The van der Waals surface area contributed by atoms with Crippen molar-refractivity contribution in [3.63, 3.8) is 0 Å². The highest BCUT2D eigenvalue weighted by Crippen LogP contribution is 2.18. The van der Waals surface area contributed by atoms with Crippen LogP contribution in [0, 0.1) is 0 Å². The van der Waals surface area contributed by atoms with Crippen molar-refractivity contribution in [3.8, 4) is 0 Å². The van der Waals surface area contributed by atoms with Crippen LogP contribution in [0.5, 0.6) is 0 Å². The second kappa shape index (κ2) is 69.3. The highest BCUT2D eigenvalue weighted by molar-refractivity contribution is 5.71. The average molecular weight is 1130 g/mol. The number of allylic oxidation sites excluding steroid dienone is 12. The van der Waals surface area contributed by atoms with Crippen molar-refractivity contribution < 1.29 is 28.6 Å². The van der Waals surface area contributed by atoms with Crippen molar-refractivity contribution in [2.24, 2.45) is 0 Å². The Kier molecular flexibility index (Phi) is 66.6. The Morgan fingerprint density at radius 2 is 0.494 bits per heavy atom. The van der Waals surface area contributed by atoms with Crippen LogP contribution in [0.1, 0.15) is 367 Å². The molecule has 0 spiro atoms. The Bertz CT molecular complexity index is 1490. The summed E-state index contributed by atoms with van der Waals surface area (Å²) in [5.41, 5.74) is 0. The standard InChI is InChI=1S/C75H134O6/c1-4-7-10-13-16-19-22-24-26-28-29-30-31-32-33-34-35-36-37-38-39-40-41-42-43-44-45-47-48-50-53-56-59-62-65-68-74(77)80-71-72(70-79-73(76)67-64-61-58-55-52-21-18-15-12-9-6-3)81-75(78)69-66-63-60-57-54-51-49-46-27-25-23-20-17-14-11-8-5-2/h7,10,15-16,18-19,24-27,29-30,72H,4-6,8-9,11-14,17,20-23,28,31-71H2,1-3H3/b10-7-,18-15-,19-16-,26-24-,27-25-,30-29-. The third-order valence-corrected chi connectivity index (χ3v) is 15.7. The monoisotopic (exact) mass is 1130 g/mol.